The van der Waals surface area contributed by atoms with Crippen LogP contribution in [0.25, 0.3) is 0 Å². The van der Waals surface area contributed by atoms with E-state index in [9.17, 15) is 0 Å². The average Bonchev–Trinajstić information content (AvgIpc) is 2.05. The largest absolute Gasteiger partial charge is 0.467 e. The molecule has 5 heteroatoms. The standard InChI is InChI=1S/C6H10N4O/c1-8-5-4(7)3-9-6(10-5)11-2/h3H,7H2,1-2H3,(H,8,9,10). The maximum absolute atomic E-state index is 5.51. The SMILES string of the molecule is CNc1nc(OC)ncc1N. The highest BCUT2D eigenvalue weighted by atomic mass is 16.5. The van der Waals surface area contributed by atoms with Gasteiger partial charge >= 0.3 is 6.01 Å². The van der Waals surface area contributed by atoms with Crippen LogP contribution < -0.4 is 15.8 Å². The Balaban J connectivity index is 3.02. The van der Waals surface area contributed by atoms with Gasteiger partial charge in [0.2, 0.25) is 0 Å². The second-order valence-electron chi connectivity index (χ2n) is 1.91. The maximum Gasteiger partial charge on any atom is 0.318 e. The minimum Gasteiger partial charge on any atom is -0.467 e. The van der Waals surface area contributed by atoms with Gasteiger partial charge in [-0.3, -0.25) is 0 Å². The van der Waals surface area contributed by atoms with Crippen LogP contribution in [0.4, 0.5) is 11.5 Å². The number of ether oxygens (including phenoxy) is 1. The fourth-order valence-corrected chi connectivity index (χ4v) is 0.674. The molecule has 11 heavy (non-hydrogen) atoms. The molecule has 0 unspecified atom stereocenters. The topological polar surface area (TPSA) is 73.1 Å². The molecule has 0 bridgehead atoms. The van der Waals surface area contributed by atoms with Gasteiger partial charge in [-0.15, -0.1) is 0 Å². The molecule has 0 aliphatic rings. The lowest BCUT2D eigenvalue weighted by Gasteiger charge is -2.03. The number of nitrogens with zero attached hydrogens (tertiary/aromatic N) is 2. The number of anilines is 2. The molecule has 5 nitrogen and oxygen atoms in total. The van der Waals surface area contributed by atoms with Gasteiger partial charge in [0, 0.05) is 7.05 Å². The van der Waals surface area contributed by atoms with Gasteiger partial charge in [0.25, 0.3) is 0 Å². The van der Waals surface area contributed by atoms with Crippen molar-refractivity contribution in [2.75, 3.05) is 25.2 Å². The van der Waals surface area contributed by atoms with E-state index in [1.54, 1.807) is 7.05 Å². The van der Waals surface area contributed by atoms with E-state index in [0.717, 1.165) is 0 Å². The number of rotatable bonds is 2. The zero-order valence-corrected chi connectivity index (χ0v) is 6.46. The first-order valence-electron chi connectivity index (χ1n) is 3.12. The number of hydrogen-bond donors (Lipinski definition) is 2. The fourth-order valence-electron chi connectivity index (χ4n) is 0.674. The van der Waals surface area contributed by atoms with E-state index in [1.165, 1.54) is 13.3 Å². The first-order valence-corrected chi connectivity index (χ1v) is 3.12. The van der Waals surface area contributed by atoms with Crippen molar-refractivity contribution in [3.63, 3.8) is 0 Å². The van der Waals surface area contributed by atoms with Crippen molar-refractivity contribution in [1.29, 1.82) is 0 Å². The monoisotopic (exact) mass is 154 g/mol. The zero-order valence-electron chi connectivity index (χ0n) is 6.46. The highest BCUT2D eigenvalue weighted by Gasteiger charge is 2.00. The summed E-state index contributed by atoms with van der Waals surface area (Å²) in [6, 6.07) is 0.309. The molecular weight excluding hydrogens is 144 g/mol. The summed E-state index contributed by atoms with van der Waals surface area (Å²) in [5.41, 5.74) is 6.02. The summed E-state index contributed by atoms with van der Waals surface area (Å²) < 4.78 is 4.79. The Hall–Kier alpha value is -1.52. The minimum absolute atomic E-state index is 0.309. The summed E-state index contributed by atoms with van der Waals surface area (Å²) in [5.74, 6) is 0.580. The Morgan fingerprint density at radius 1 is 1.64 bits per heavy atom. The Bertz CT molecular complexity index is 250. The molecule has 0 aliphatic carbocycles. The van der Waals surface area contributed by atoms with Crippen LogP contribution in [0.5, 0.6) is 6.01 Å². The van der Waals surface area contributed by atoms with E-state index in [2.05, 4.69) is 15.3 Å². The Kier molecular flexibility index (Phi) is 2.10. The van der Waals surface area contributed by atoms with Gasteiger partial charge < -0.3 is 15.8 Å². The molecule has 0 saturated heterocycles. The molecule has 1 aromatic rings. The summed E-state index contributed by atoms with van der Waals surface area (Å²) in [6.07, 6.45) is 1.50. The van der Waals surface area contributed by atoms with E-state index < -0.39 is 0 Å². The summed E-state index contributed by atoms with van der Waals surface area (Å²) in [4.78, 5) is 7.75. The predicted molar refractivity (Wildman–Crippen MR) is 42.5 cm³/mol. The summed E-state index contributed by atoms with van der Waals surface area (Å²) in [6.45, 7) is 0. The van der Waals surface area contributed by atoms with Crippen LogP contribution in [-0.2, 0) is 0 Å². The van der Waals surface area contributed by atoms with Crippen LogP contribution >= 0.6 is 0 Å². The molecule has 0 aromatic carbocycles. The Morgan fingerprint density at radius 2 is 2.36 bits per heavy atom. The van der Waals surface area contributed by atoms with Gasteiger partial charge in [-0.2, -0.15) is 4.98 Å². The minimum atomic E-state index is 0.309. The van der Waals surface area contributed by atoms with Gasteiger partial charge in [0.15, 0.2) is 5.82 Å². The third-order valence-corrected chi connectivity index (χ3v) is 1.21. The number of hydrogen-bond acceptors (Lipinski definition) is 5. The van der Waals surface area contributed by atoms with Crippen LogP contribution in [0, 0.1) is 0 Å². The van der Waals surface area contributed by atoms with Crippen LogP contribution in [0.15, 0.2) is 6.20 Å². The third kappa shape index (κ3) is 1.49. The van der Waals surface area contributed by atoms with Crippen molar-refractivity contribution in [1.82, 2.24) is 9.97 Å². The Morgan fingerprint density at radius 3 is 2.91 bits per heavy atom. The molecule has 0 amide bonds. The molecule has 0 radical (unpaired) electrons. The molecule has 60 valence electrons. The fraction of sp³-hybridized carbons (Fsp3) is 0.333. The molecule has 0 fully saturated rings. The van der Waals surface area contributed by atoms with E-state index in [1.807, 2.05) is 0 Å². The van der Waals surface area contributed by atoms with Gasteiger partial charge in [0.1, 0.15) is 0 Å². The van der Waals surface area contributed by atoms with E-state index in [0.29, 0.717) is 17.5 Å². The number of nitrogen functional groups attached to an aromatic ring is 1. The van der Waals surface area contributed by atoms with Crippen molar-refractivity contribution in [3.8, 4) is 6.01 Å². The second-order valence-corrected chi connectivity index (χ2v) is 1.91. The number of methoxy groups -OCH3 is 1. The summed E-state index contributed by atoms with van der Waals surface area (Å²) >= 11 is 0. The smallest absolute Gasteiger partial charge is 0.318 e. The molecule has 3 N–H and O–H groups in total. The van der Waals surface area contributed by atoms with Crippen LogP contribution in [0.1, 0.15) is 0 Å². The molecule has 0 aliphatic heterocycles. The molecule has 1 rings (SSSR count). The maximum atomic E-state index is 5.51. The lowest BCUT2D eigenvalue weighted by molar-refractivity contribution is 0.380. The molecular formula is C6H10N4O. The van der Waals surface area contributed by atoms with Crippen molar-refractivity contribution < 1.29 is 4.74 Å². The first kappa shape index (κ1) is 7.59. The Labute approximate surface area is 64.6 Å². The van der Waals surface area contributed by atoms with Crippen molar-refractivity contribution in [2.45, 2.75) is 0 Å². The van der Waals surface area contributed by atoms with Gasteiger partial charge in [0.05, 0.1) is 19.0 Å². The normalized spacial score (nSPS) is 9.27. The zero-order chi connectivity index (χ0) is 8.27. The van der Waals surface area contributed by atoms with Crippen LogP contribution in [-0.4, -0.2) is 24.1 Å². The molecule has 1 aromatic heterocycles. The second kappa shape index (κ2) is 3.05. The molecule has 1 heterocycles. The van der Waals surface area contributed by atoms with Crippen molar-refractivity contribution in [2.24, 2.45) is 0 Å². The summed E-state index contributed by atoms with van der Waals surface area (Å²) in [5, 5.41) is 2.81. The average molecular weight is 154 g/mol. The highest BCUT2D eigenvalue weighted by molar-refractivity contribution is 5.59. The van der Waals surface area contributed by atoms with Gasteiger partial charge in [-0.1, -0.05) is 0 Å². The molecule has 0 spiro atoms. The molecule has 0 saturated carbocycles. The van der Waals surface area contributed by atoms with Crippen LogP contribution in [0.2, 0.25) is 0 Å². The summed E-state index contributed by atoms with van der Waals surface area (Å²) in [7, 11) is 3.24. The van der Waals surface area contributed by atoms with Crippen LogP contribution in [0.3, 0.4) is 0 Å². The van der Waals surface area contributed by atoms with Crippen molar-refractivity contribution in [3.05, 3.63) is 6.20 Å². The lowest BCUT2D eigenvalue weighted by atomic mass is 10.5. The highest BCUT2D eigenvalue weighted by Crippen LogP contribution is 2.15. The number of nitrogens with two attached hydrogens (primary N) is 1. The third-order valence-electron chi connectivity index (χ3n) is 1.21. The van der Waals surface area contributed by atoms with E-state index >= 15 is 0 Å². The van der Waals surface area contributed by atoms with Gasteiger partial charge in [-0.05, 0) is 0 Å². The quantitative estimate of drug-likeness (QED) is 0.632. The lowest BCUT2D eigenvalue weighted by Crippen LogP contribution is -2.01. The predicted octanol–water partition coefficient (Wildman–Crippen LogP) is 0.109. The number of aromatic nitrogens is 2. The van der Waals surface area contributed by atoms with E-state index in [-0.39, 0.29) is 0 Å². The van der Waals surface area contributed by atoms with E-state index in [4.69, 9.17) is 10.5 Å². The van der Waals surface area contributed by atoms with Crippen molar-refractivity contribution >= 4 is 11.5 Å². The van der Waals surface area contributed by atoms with Gasteiger partial charge in [-0.25, -0.2) is 4.98 Å². The first-order chi connectivity index (χ1) is 5.27. The molecule has 0 atom stereocenters. The number of nitrogens with one attached hydrogen (secondary N) is 1.